The highest BCUT2D eigenvalue weighted by atomic mass is 16.6. The highest BCUT2D eigenvalue weighted by molar-refractivity contribution is 5.72. The zero-order chi connectivity index (χ0) is 15.4. The van der Waals surface area contributed by atoms with Crippen LogP contribution in [0.4, 0.5) is 4.79 Å². The number of aliphatic carboxylic acids is 1. The summed E-state index contributed by atoms with van der Waals surface area (Å²) in [7, 11) is 1.44. The summed E-state index contributed by atoms with van der Waals surface area (Å²) in [6, 6.07) is -0.856. The van der Waals surface area contributed by atoms with Crippen molar-refractivity contribution in [3.05, 3.63) is 0 Å². The first-order valence-corrected chi connectivity index (χ1v) is 6.22. The van der Waals surface area contributed by atoms with Crippen LogP contribution in [-0.2, 0) is 9.53 Å². The first-order valence-electron chi connectivity index (χ1n) is 6.22. The molecule has 0 aliphatic heterocycles. The van der Waals surface area contributed by atoms with E-state index in [9.17, 15) is 14.8 Å². The molecule has 0 saturated heterocycles. The number of carbonyl (C=O) groups is 2. The Morgan fingerprint density at radius 2 is 2.20 bits per heavy atom. The molecule has 9 nitrogen and oxygen atoms in total. The van der Waals surface area contributed by atoms with Crippen molar-refractivity contribution in [1.82, 2.24) is 10.4 Å². The van der Waals surface area contributed by atoms with Crippen LogP contribution in [0.2, 0.25) is 0 Å². The van der Waals surface area contributed by atoms with Gasteiger partial charge in [-0.05, 0) is 19.3 Å². The second-order valence-corrected chi connectivity index (χ2v) is 4.03. The van der Waals surface area contributed by atoms with Gasteiger partial charge in [0.1, 0.15) is 6.04 Å². The van der Waals surface area contributed by atoms with Crippen LogP contribution < -0.4 is 11.1 Å². The van der Waals surface area contributed by atoms with E-state index < -0.39 is 18.1 Å². The summed E-state index contributed by atoms with van der Waals surface area (Å²) in [4.78, 5) is 24.9. The lowest BCUT2D eigenvalue weighted by molar-refractivity contribution is -0.138. The first-order chi connectivity index (χ1) is 9.47. The third-order valence-electron chi connectivity index (χ3n) is 2.39. The number of ether oxygens (including phenoxy) is 1. The molecule has 0 aliphatic rings. The molecule has 0 rings (SSSR count). The van der Waals surface area contributed by atoms with Crippen LogP contribution >= 0.6 is 0 Å². The monoisotopic (exact) mass is 290 g/mol. The Kier molecular flexibility index (Phi) is 10.2. The Labute approximate surface area is 117 Å². The maximum Gasteiger partial charge on any atom is 0.408 e. The predicted molar refractivity (Wildman–Crippen MR) is 71.7 cm³/mol. The van der Waals surface area contributed by atoms with E-state index in [1.807, 2.05) is 0 Å². The highest BCUT2D eigenvalue weighted by Gasteiger charge is 2.10. The van der Waals surface area contributed by atoms with Gasteiger partial charge in [-0.1, -0.05) is 0 Å². The molecular weight excluding hydrogens is 268 g/mol. The van der Waals surface area contributed by atoms with E-state index in [1.54, 1.807) is 0 Å². The van der Waals surface area contributed by atoms with Gasteiger partial charge in [0.25, 0.3) is 0 Å². The van der Waals surface area contributed by atoms with E-state index in [1.165, 1.54) is 13.3 Å². The molecule has 0 unspecified atom stereocenters. The molecule has 0 aromatic heterocycles. The molecule has 0 radical (unpaired) electrons. The Hall–Kier alpha value is -1.71. The fraction of sp³-hybridized carbons (Fsp3) is 0.727. The molecule has 9 heteroatoms. The Morgan fingerprint density at radius 3 is 2.80 bits per heavy atom. The minimum atomic E-state index is -1.02. The van der Waals surface area contributed by atoms with Crippen molar-refractivity contribution in [2.75, 3.05) is 26.9 Å². The van der Waals surface area contributed by atoms with E-state index in [4.69, 9.17) is 10.8 Å². The predicted octanol–water partition coefficient (Wildman–Crippen LogP) is -0.356. The molecule has 0 aromatic rings. The number of unbranched alkanes of at least 4 members (excludes halogenated alkanes) is 1. The molecular formula is C11H22N4O5. The third-order valence-corrected chi connectivity index (χ3v) is 2.39. The van der Waals surface area contributed by atoms with E-state index in [-0.39, 0.29) is 13.3 Å². The number of amides is 1. The number of hydrogen-bond acceptors (Lipinski definition) is 7. The molecule has 0 aromatic carbocycles. The summed E-state index contributed by atoms with van der Waals surface area (Å²) < 4.78 is 4.60. The quantitative estimate of drug-likeness (QED) is 0.245. The van der Waals surface area contributed by atoms with Crippen molar-refractivity contribution >= 4 is 18.3 Å². The number of carboxylic acid groups (broad SMARTS) is 1. The summed E-state index contributed by atoms with van der Waals surface area (Å²) in [6.45, 7) is 0.470. The fourth-order valence-corrected chi connectivity index (χ4v) is 1.25. The van der Waals surface area contributed by atoms with Gasteiger partial charge in [-0.15, -0.1) is 0 Å². The number of nitrogens with two attached hydrogens (primary N) is 1. The summed E-state index contributed by atoms with van der Waals surface area (Å²) in [5.74, 6) is -1.02. The van der Waals surface area contributed by atoms with Crippen LogP contribution in [0.15, 0.2) is 4.99 Å². The van der Waals surface area contributed by atoms with Crippen molar-refractivity contribution in [2.45, 2.75) is 25.3 Å². The van der Waals surface area contributed by atoms with Crippen LogP contribution in [-0.4, -0.2) is 66.6 Å². The molecule has 0 bridgehead atoms. The zero-order valence-corrected chi connectivity index (χ0v) is 11.5. The van der Waals surface area contributed by atoms with Crippen molar-refractivity contribution in [1.29, 1.82) is 0 Å². The summed E-state index contributed by atoms with van der Waals surface area (Å²) in [6.07, 6.45) is 2.46. The number of hydrogen-bond donors (Lipinski definition) is 4. The molecule has 0 heterocycles. The SMILES string of the molecule is CNC(=O)OCN=CCN(O)CCCC[C@H](N)C(=O)O. The van der Waals surface area contributed by atoms with Crippen LogP contribution in [0.25, 0.3) is 0 Å². The summed E-state index contributed by atoms with van der Waals surface area (Å²) in [5, 5.41) is 21.3. The van der Waals surface area contributed by atoms with E-state index in [0.29, 0.717) is 25.8 Å². The Morgan fingerprint density at radius 1 is 1.50 bits per heavy atom. The molecule has 116 valence electrons. The maximum absolute atomic E-state index is 10.7. The van der Waals surface area contributed by atoms with Crippen LogP contribution in [0.3, 0.4) is 0 Å². The largest absolute Gasteiger partial charge is 0.480 e. The van der Waals surface area contributed by atoms with Gasteiger partial charge in [0.15, 0.2) is 6.73 Å². The minimum Gasteiger partial charge on any atom is -0.480 e. The number of alkyl carbamates (subject to hydrolysis) is 1. The average Bonchev–Trinajstić information content (AvgIpc) is 2.42. The Balaban J connectivity index is 3.54. The van der Waals surface area contributed by atoms with Gasteiger partial charge < -0.3 is 26.1 Å². The molecule has 0 aliphatic carbocycles. The lowest BCUT2D eigenvalue weighted by Crippen LogP contribution is -2.30. The number of aliphatic imine (C=N–C) groups is 1. The topological polar surface area (TPSA) is 137 Å². The van der Waals surface area contributed by atoms with Gasteiger partial charge in [-0.25, -0.2) is 4.79 Å². The van der Waals surface area contributed by atoms with Gasteiger partial charge in [-0.2, -0.15) is 5.06 Å². The molecule has 1 atom stereocenters. The van der Waals surface area contributed by atoms with E-state index in [0.717, 1.165) is 5.06 Å². The highest BCUT2D eigenvalue weighted by Crippen LogP contribution is 2.00. The van der Waals surface area contributed by atoms with Crippen molar-refractivity contribution < 1.29 is 24.6 Å². The van der Waals surface area contributed by atoms with Gasteiger partial charge >= 0.3 is 12.1 Å². The molecule has 0 saturated carbocycles. The minimum absolute atomic E-state index is 0.110. The molecule has 0 fully saturated rings. The lowest BCUT2D eigenvalue weighted by atomic mass is 10.1. The average molecular weight is 290 g/mol. The zero-order valence-electron chi connectivity index (χ0n) is 11.5. The van der Waals surface area contributed by atoms with E-state index >= 15 is 0 Å². The molecule has 1 amide bonds. The number of nitrogens with one attached hydrogen (secondary N) is 1. The van der Waals surface area contributed by atoms with Gasteiger partial charge in [0.05, 0.1) is 6.54 Å². The van der Waals surface area contributed by atoms with Gasteiger partial charge in [0.2, 0.25) is 0 Å². The number of hydroxylamine groups is 2. The standard InChI is InChI=1S/C11H22N4O5/c1-13-11(18)20-8-14-5-7-15(19)6-3-2-4-9(12)10(16)17/h5,9,19H,2-4,6-8,12H2,1H3,(H,13,18)(H,16,17)/t9-/m0/s1. The Bertz CT molecular complexity index is 324. The third kappa shape index (κ3) is 10.2. The van der Waals surface area contributed by atoms with Crippen molar-refractivity contribution in [3.8, 4) is 0 Å². The van der Waals surface area contributed by atoms with Gasteiger partial charge in [-0.3, -0.25) is 9.79 Å². The van der Waals surface area contributed by atoms with Crippen LogP contribution in [0.5, 0.6) is 0 Å². The second kappa shape index (κ2) is 11.1. The van der Waals surface area contributed by atoms with Gasteiger partial charge in [0, 0.05) is 19.8 Å². The first kappa shape index (κ1) is 18.3. The molecule has 20 heavy (non-hydrogen) atoms. The van der Waals surface area contributed by atoms with Crippen LogP contribution in [0.1, 0.15) is 19.3 Å². The lowest BCUT2D eigenvalue weighted by Gasteiger charge is -2.12. The normalized spacial score (nSPS) is 12.6. The number of nitrogens with zero attached hydrogens (tertiary/aromatic N) is 2. The van der Waals surface area contributed by atoms with Crippen molar-refractivity contribution in [3.63, 3.8) is 0 Å². The fourth-order valence-electron chi connectivity index (χ4n) is 1.25. The number of rotatable bonds is 10. The van der Waals surface area contributed by atoms with E-state index in [2.05, 4.69) is 15.0 Å². The van der Waals surface area contributed by atoms with Crippen LogP contribution in [0, 0.1) is 0 Å². The number of carbonyl (C=O) groups excluding carboxylic acids is 1. The summed E-state index contributed by atoms with van der Waals surface area (Å²) in [5.41, 5.74) is 5.34. The second-order valence-electron chi connectivity index (χ2n) is 4.03. The van der Waals surface area contributed by atoms with Crippen molar-refractivity contribution in [2.24, 2.45) is 10.7 Å². The summed E-state index contributed by atoms with van der Waals surface area (Å²) >= 11 is 0. The molecule has 0 spiro atoms. The number of carboxylic acids is 1. The maximum atomic E-state index is 10.7. The molecule has 5 N–H and O–H groups in total. The smallest absolute Gasteiger partial charge is 0.408 e.